The Labute approximate surface area is 86.9 Å². The molecule has 0 N–H and O–H groups in total. The van der Waals surface area contributed by atoms with Gasteiger partial charge in [-0.25, -0.2) is 0 Å². The molecule has 0 aromatic rings. The molecule has 0 aromatic heterocycles. The first-order chi connectivity index (χ1) is 5.25. The maximum absolute atomic E-state index is 6.22. The highest BCUT2D eigenvalue weighted by molar-refractivity contribution is 7.47. The van der Waals surface area contributed by atoms with Crippen molar-refractivity contribution in [3.63, 3.8) is 0 Å². The maximum Gasteiger partial charge on any atom is 0.251 e. The van der Waals surface area contributed by atoms with E-state index in [0.717, 1.165) is 6.42 Å². The normalized spacial score (nSPS) is 16.2. The predicted molar refractivity (Wildman–Crippen MR) is 61.9 cm³/mol. The Hall–Kier alpha value is 0.974. The molecule has 1 nitrogen and oxygen atoms in total. The molecule has 0 aliphatic carbocycles. The lowest BCUT2D eigenvalue weighted by Gasteiger charge is -2.34. The van der Waals surface area contributed by atoms with Gasteiger partial charge in [0, 0.05) is 7.11 Å². The summed E-state index contributed by atoms with van der Waals surface area (Å²) in [6.45, 7) is 6.41. The van der Waals surface area contributed by atoms with Crippen molar-refractivity contribution in [2.75, 3.05) is 7.11 Å². The van der Waals surface area contributed by atoms with Crippen LogP contribution in [-0.2, 0) is 4.43 Å². The zero-order valence-corrected chi connectivity index (χ0v) is 12.0. The van der Waals surface area contributed by atoms with Crippen LogP contribution in [0, 0.1) is 0 Å². The molecule has 12 heavy (non-hydrogen) atoms. The van der Waals surface area contributed by atoms with E-state index in [1.165, 1.54) is 0 Å². The molecule has 5 heteroatoms. The monoisotopic (exact) mass is 244 g/mol. The zero-order valence-electron chi connectivity index (χ0n) is 8.45. The van der Waals surface area contributed by atoms with E-state index in [4.69, 9.17) is 26.6 Å². The highest BCUT2D eigenvalue weighted by atomic mass is 35.7. The largest absolute Gasteiger partial charge is 0.420 e. The van der Waals surface area contributed by atoms with E-state index in [1.807, 2.05) is 6.55 Å². The lowest BCUT2D eigenvalue weighted by molar-refractivity contribution is 0.398. The first kappa shape index (κ1) is 13.0. The summed E-state index contributed by atoms with van der Waals surface area (Å²) >= 11 is 12.4. The molecule has 0 spiro atoms. The van der Waals surface area contributed by atoms with Crippen molar-refractivity contribution in [3.8, 4) is 0 Å². The third-order valence-electron chi connectivity index (χ3n) is 2.39. The van der Waals surface area contributed by atoms with Gasteiger partial charge in [0.15, 0.2) is 8.32 Å². The summed E-state index contributed by atoms with van der Waals surface area (Å²) in [7, 11) is 0.122. The molecule has 0 fully saturated rings. The van der Waals surface area contributed by atoms with Crippen molar-refractivity contribution < 1.29 is 4.43 Å². The molecule has 0 radical (unpaired) electrons. The molecular formula is C7H18Cl2OSi2. The Morgan fingerprint density at radius 1 is 1.25 bits per heavy atom. The van der Waals surface area contributed by atoms with Crippen LogP contribution in [0.25, 0.3) is 0 Å². The van der Waals surface area contributed by atoms with Gasteiger partial charge in [0.1, 0.15) is 0 Å². The molecule has 0 saturated heterocycles. The van der Waals surface area contributed by atoms with Crippen LogP contribution >= 0.6 is 22.2 Å². The van der Waals surface area contributed by atoms with Gasteiger partial charge in [-0.2, -0.15) is 0 Å². The van der Waals surface area contributed by atoms with Crippen molar-refractivity contribution in [3.05, 3.63) is 0 Å². The molecule has 0 saturated carbocycles. The van der Waals surface area contributed by atoms with Gasteiger partial charge in [-0.15, -0.1) is 22.2 Å². The number of hydrogen-bond acceptors (Lipinski definition) is 1. The van der Waals surface area contributed by atoms with E-state index < -0.39 is 15.0 Å². The molecule has 0 aromatic carbocycles. The summed E-state index contributed by atoms with van der Waals surface area (Å²) in [4.78, 5) is 0. The second-order valence-corrected chi connectivity index (χ2v) is 16.5. The summed E-state index contributed by atoms with van der Waals surface area (Å²) in [6, 6.07) is 0. The van der Waals surface area contributed by atoms with Crippen LogP contribution in [0.4, 0.5) is 0 Å². The van der Waals surface area contributed by atoms with Crippen LogP contribution < -0.4 is 0 Å². The molecule has 0 aliphatic rings. The van der Waals surface area contributed by atoms with Gasteiger partial charge in [-0.3, -0.25) is 0 Å². The Morgan fingerprint density at radius 2 is 1.67 bits per heavy atom. The molecule has 0 amide bonds. The Balaban J connectivity index is 4.56. The molecule has 0 aliphatic heterocycles. The summed E-state index contributed by atoms with van der Waals surface area (Å²) in [5.41, 5.74) is 0. The van der Waals surface area contributed by atoms with Gasteiger partial charge in [-0.1, -0.05) is 13.3 Å². The fraction of sp³-hybridized carbons (Fsp3) is 1.00. The first-order valence-electron chi connectivity index (χ1n) is 4.18. The van der Waals surface area contributed by atoms with Crippen LogP contribution in [0.5, 0.6) is 0 Å². The van der Waals surface area contributed by atoms with Crippen molar-refractivity contribution in [1.29, 1.82) is 0 Å². The van der Waals surface area contributed by atoms with Gasteiger partial charge in [0.2, 0.25) is 0 Å². The van der Waals surface area contributed by atoms with Crippen molar-refractivity contribution in [2.45, 2.75) is 38.2 Å². The minimum atomic E-state index is -2.06. The summed E-state index contributed by atoms with van der Waals surface area (Å²) < 4.78 is 5.52. The van der Waals surface area contributed by atoms with Crippen LogP contribution in [0.15, 0.2) is 0 Å². The van der Waals surface area contributed by atoms with E-state index in [1.54, 1.807) is 7.11 Å². The van der Waals surface area contributed by atoms with Gasteiger partial charge in [-0.05, 0) is 24.8 Å². The van der Waals surface area contributed by atoms with Gasteiger partial charge >= 0.3 is 0 Å². The van der Waals surface area contributed by atoms with Gasteiger partial charge in [0.25, 0.3) is 6.69 Å². The van der Waals surface area contributed by atoms with Crippen LogP contribution in [0.2, 0.25) is 24.8 Å². The average molecular weight is 245 g/mol. The summed E-state index contributed by atoms with van der Waals surface area (Å²) in [5, 5.41) is 0.415. The molecule has 0 rings (SSSR count). The van der Waals surface area contributed by atoms with Gasteiger partial charge in [0.05, 0.1) is 0 Å². The lowest BCUT2D eigenvalue weighted by Crippen LogP contribution is -2.44. The standard InChI is InChI=1S/C7H18Cl2OSi2/c1-6-7(12(5,8)9)11(3,4)10-2/h7H,6H2,1-5H3. The van der Waals surface area contributed by atoms with Crippen LogP contribution in [0.1, 0.15) is 13.3 Å². The maximum atomic E-state index is 6.22. The molecular weight excluding hydrogens is 227 g/mol. The minimum absolute atomic E-state index is 0.415. The Bertz CT molecular complexity index is 145. The van der Waals surface area contributed by atoms with E-state index in [-0.39, 0.29) is 0 Å². The van der Waals surface area contributed by atoms with Gasteiger partial charge < -0.3 is 4.43 Å². The van der Waals surface area contributed by atoms with Crippen molar-refractivity contribution in [1.82, 2.24) is 0 Å². The summed E-state index contributed by atoms with van der Waals surface area (Å²) in [5.74, 6) is 0. The fourth-order valence-corrected chi connectivity index (χ4v) is 14.5. The minimum Gasteiger partial charge on any atom is -0.420 e. The molecule has 1 atom stereocenters. The second-order valence-electron chi connectivity index (χ2n) is 3.72. The zero-order chi connectivity index (χ0) is 9.99. The third-order valence-corrected chi connectivity index (χ3v) is 13.7. The molecule has 74 valence electrons. The van der Waals surface area contributed by atoms with Crippen LogP contribution in [-0.4, -0.2) is 22.1 Å². The molecule has 0 heterocycles. The van der Waals surface area contributed by atoms with E-state index in [2.05, 4.69) is 20.0 Å². The second kappa shape index (κ2) is 4.46. The SMILES string of the molecule is CCC([Si](C)(Cl)Cl)[Si](C)(C)OC. The molecule has 0 bridgehead atoms. The quantitative estimate of drug-likeness (QED) is 0.542. The predicted octanol–water partition coefficient (Wildman–Crippen LogP) is 3.71. The first-order valence-corrected chi connectivity index (χ1v) is 11.8. The molecule has 1 unspecified atom stereocenters. The number of halogens is 2. The summed E-state index contributed by atoms with van der Waals surface area (Å²) in [6.07, 6.45) is 1.03. The fourth-order valence-electron chi connectivity index (χ4n) is 1.60. The number of rotatable bonds is 4. The van der Waals surface area contributed by atoms with E-state index in [9.17, 15) is 0 Å². The number of hydrogen-bond donors (Lipinski definition) is 0. The smallest absolute Gasteiger partial charge is 0.251 e. The average Bonchev–Trinajstić information content (AvgIpc) is 1.85. The highest BCUT2D eigenvalue weighted by Crippen LogP contribution is 2.39. The van der Waals surface area contributed by atoms with E-state index in [0.29, 0.717) is 5.16 Å². The van der Waals surface area contributed by atoms with Crippen molar-refractivity contribution in [2.24, 2.45) is 0 Å². The highest BCUT2D eigenvalue weighted by Gasteiger charge is 2.44. The third kappa shape index (κ3) is 3.38. The Kier molecular flexibility index (Phi) is 4.83. The van der Waals surface area contributed by atoms with Crippen LogP contribution in [0.3, 0.4) is 0 Å². The lowest BCUT2D eigenvalue weighted by atomic mass is 10.6. The van der Waals surface area contributed by atoms with Crippen molar-refractivity contribution >= 4 is 37.2 Å². The topological polar surface area (TPSA) is 9.23 Å². The van der Waals surface area contributed by atoms with E-state index >= 15 is 0 Å². The Morgan fingerprint density at radius 3 is 1.75 bits per heavy atom.